The maximum atomic E-state index is 13.4. The molecule has 0 radical (unpaired) electrons. The minimum atomic E-state index is -0.733. The molecule has 1 atom stereocenters. The monoisotopic (exact) mass is 581 g/mol. The van der Waals surface area contributed by atoms with Crippen LogP contribution in [0.3, 0.4) is 0 Å². The van der Waals surface area contributed by atoms with Crippen molar-refractivity contribution < 1.29 is 28.6 Å². The first kappa shape index (κ1) is 29.0. The Balaban J connectivity index is 1.63. The zero-order valence-corrected chi connectivity index (χ0v) is 23.8. The molecule has 1 N–H and O–H groups in total. The van der Waals surface area contributed by atoms with Crippen molar-refractivity contribution in [2.45, 2.75) is 25.1 Å². The molecule has 1 saturated heterocycles. The summed E-state index contributed by atoms with van der Waals surface area (Å²) in [5.74, 6) is 0.0345. The van der Waals surface area contributed by atoms with Gasteiger partial charge < -0.3 is 19.5 Å². The molecule has 3 aromatic rings. The van der Waals surface area contributed by atoms with Crippen LogP contribution in [0.1, 0.15) is 29.3 Å². The molecule has 9 nitrogen and oxygen atoms in total. The molecule has 0 saturated carbocycles. The molecule has 1 aliphatic rings. The van der Waals surface area contributed by atoms with Crippen molar-refractivity contribution in [3.8, 4) is 11.5 Å². The Kier molecular flexibility index (Phi) is 9.68. The Labute approximate surface area is 241 Å². The van der Waals surface area contributed by atoms with Gasteiger partial charge in [-0.2, -0.15) is 0 Å². The summed E-state index contributed by atoms with van der Waals surface area (Å²) in [6.07, 6.45) is -0.0327. The van der Waals surface area contributed by atoms with Gasteiger partial charge in [-0.15, -0.1) is 0 Å². The molecule has 1 fully saturated rings. The van der Waals surface area contributed by atoms with Crippen molar-refractivity contribution in [3.63, 3.8) is 0 Å². The van der Waals surface area contributed by atoms with Gasteiger partial charge in [0.15, 0.2) is 16.7 Å². The second-order valence-electron chi connectivity index (χ2n) is 8.61. The summed E-state index contributed by atoms with van der Waals surface area (Å²) in [6.45, 7) is 2.20. The molecular weight excluding hydrogens is 554 g/mol. The van der Waals surface area contributed by atoms with Crippen LogP contribution in [0, 0.1) is 0 Å². The first-order valence-electron chi connectivity index (χ1n) is 12.4. The summed E-state index contributed by atoms with van der Waals surface area (Å²) >= 11 is 7.39. The lowest BCUT2D eigenvalue weighted by molar-refractivity contribution is -0.129. The second-order valence-corrected chi connectivity index (χ2v) is 10.2. The third kappa shape index (κ3) is 6.94. The van der Waals surface area contributed by atoms with E-state index in [1.165, 1.54) is 16.7 Å². The van der Waals surface area contributed by atoms with Crippen LogP contribution in [0.5, 0.6) is 11.5 Å². The van der Waals surface area contributed by atoms with Gasteiger partial charge >= 0.3 is 5.97 Å². The van der Waals surface area contributed by atoms with E-state index < -0.39 is 11.2 Å². The number of aliphatic imine (C=N–C) groups is 1. The lowest BCUT2D eigenvalue weighted by Gasteiger charge is -2.32. The lowest BCUT2D eigenvalue weighted by Crippen LogP contribution is -2.44. The van der Waals surface area contributed by atoms with Crippen molar-refractivity contribution in [2.24, 2.45) is 4.99 Å². The van der Waals surface area contributed by atoms with Crippen molar-refractivity contribution in [2.75, 3.05) is 26.1 Å². The lowest BCUT2D eigenvalue weighted by atomic mass is 10.1. The van der Waals surface area contributed by atoms with Gasteiger partial charge in [-0.3, -0.25) is 14.5 Å². The van der Waals surface area contributed by atoms with E-state index in [1.54, 1.807) is 81.8 Å². The number of ether oxygens (including phenoxy) is 3. The number of rotatable bonds is 9. The van der Waals surface area contributed by atoms with Gasteiger partial charge in [0.2, 0.25) is 11.8 Å². The van der Waals surface area contributed by atoms with E-state index in [9.17, 15) is 14.4 Å². The highest BCUT2D eigenvalue weighted by Crippen LogP contribution is 2.33. The number of thioether (sulfide) groups is 1. The van der Waals surface area contributed by atoms with E-state index >= 15 is 0 Å². The molecule has 3 aromatic carbocycles. The molecule has 1 heterocycles. The van der Waals surface area contributed by atoms with Crippen LogP contribution >= 0.6 is 23.4 Å². The van der Waals surface area contributed by atoms with Gasteiger partial charge in [0.05, 0.1) is 49.3 Å². The normalized spacial score (nSPS) is 16.0. The maximum Gasteiger partial charge on any atom is 0.338 e. The highest BCUT2D eigenvalue weighted by Gasteiger charge is 2.36. The maximum absolute atomic E-state index is 13.4. The van der Waals surface area contributed by atoms with Crippen LogP contribution in [0.2, 0.25) is 5.02 Å². The third-order valence-electron chi connectivity index (χ3n) is 5.96. The summed E-state index contributed by atoms with van der Waals surface area (Å²) in [5.41, 5.74) is 2.14. The molecule has 1 aliphatic heterocycles. The quantitative estimate of drug-likeness (QED) is 0.323. The predicted octanol–water partition coefficient (Wildman–Crippen LogP) is 5.69. The van der Waals surface area contributed by atoms with Crippen LogP contribution in [0.4, 0.5) is 11.4 Å². The Morgan fingerprint density at radius 2 is 1.77 bits per heavy atom. The first-order chi connectivity index (χ1) is 19.3. The molecule has 0 spiro atoms. The molecular formula is C29H28ClN3O6S. The number of amidine groups is 1. The minimum absolute atomic E-state index is 0.0327. The summed E-state index contributed by atoms with van der Waals surface area (Å²) in [7, 11) is 3.09. The van der Waals surface area contributed by atoms with Crippen molar-refractivity contribution in [3.05, 3.63) is 82.9 Å². The van der Waals surface area contributed by atoms with Crippen molar-refractivity contribution in [1.82, 2.24) is 4.90 Å². The number of methoxy groups -OCH3 is 2. The first-order valence-corrected chi connectivity index (χ1v) is 13.7. The summed E-state index contributed by atoms with van der Waals surface area (Å²) < 4.78 is 15.8. The van der Waals surface area contributed by atoms with Crippen molar-refractivity contribution in [1.29, 1.82) is 0 Å². The Hall–Kier alpha value is -4.02. The van der Waals surface area contributed by atoms with Gasteiger partial charge in [0.1, 0.15) is 5.25 Å². The Bertz CT molecular complexity index is 1430. The number of carbonyl (C=O) groups is 3. The zero-order chi connectivity index (χ0) is 28.6. The number of hydrogen-bond acceptors (Lipinski definition) is 8. The number of anilines is 1. The zero-order valence-electron chi connectivity index (χ0n) is 22.2. The van der Waals surface area contributed by atoms with Crippen LogP contribution < -0.4 is 14.8 Å². The average Bonchev–Trinajstić information content (AvgIpc) is 2.96. The number of hydrogen-bond donors (Lipinski definition) is 1. The number of nitrogens with one attached hydrogen (secondary N) is 1. The third-order valence-corrected chi connectivity index (χ3v) is 7.47. The van der Waals surface area contributed by atoms with E-state index in [0.717, 1.165) is 5.56 Å². The van der Waals surface area contributed by atoms with Crippen molar-refractivity contribution >= 4 is 57.7 Å². The van der Waals surface area contributed by atoms with E-state index in [2.05, 4.69) is 5.32 Å². The highest BCUT2D eigenvalue weighted by molar-refractivity contribution is 8.15. The number of nitrogens with zero attached hydrogens (tertiary/aromatic N) is 2. The number of benzene rings is 3. The summed E-state index contributed by atoms with van der Waals surface area (Å²) in [6, 6.07) is 18.8. The summed E-state index contributed by atoms with van der Waals surface area (Å²) in [4.78, 5) is 44.9. The van der Waals surface area contributed by atoms with Gasteiger partial charge in [0.25, 0.3) is 0 Å². The number of amides is 2. The number of halogens is 1. The van der Waals surface area contributed by atoms with Crippen LogP contribution in [-0.4, -0.2) is 53.9 Å². The standard InChI is InChI=1S/C29H28ClN3O6S/c1-4-39-28(36)19-10-12-20(13-11-19)31-29-33(17-18-9-14-23(37-2)24(15-18)38-3)26(34)16-25(40-29)27(35)32-22-8-6-5-7-21(22)30/h5-15,25H,4,16-17H2,1-3H3,(H,32,35). The number of carbonyl (C=O) groups excluding carboxylic acids is 3. The van der Waals surface area contributed by atoms with E-state index in [-0.39, 0.29) is 31.4 Å². The fourth-order valence-electron chi connectivity index (χ4n) is 3.93. The van der Waals surface area contributed by atoms with Gasteiger partial charge in [-0.1, -0.05) is 41.6 Å². The largest absolute Gasteiger partial charge is 0.493 e. The smallest absolute Gasteiger partial charge is 0.338 e. The molecule has 0 aromatic heterocycles. The van der Waals surface area contributed by atoms with E-state index in [1.807, 2.05) is 6.07 Å². The van der Waals surface area contributed by atoms with Crippen LogP contribution in [0.25, 0.3) is 0 Å². The molecule has 11 heteroatoms. The SMILES string of the molecule is CCOC(=O)c1ccc(N=C2SC(C(=O)Nc3ccccc3Cl)CC(=O)N2Cc2ccc(OC)c(OC)c2)cc1. The van der Waals surface area contributed by atoms with Gasteiger partial charge in [0, 0.05) is 6.42 Å². The van der Waals surface area contributed by atoms with Crippen LogP contribution in [0.15, 0.2) is 71.7 Å². The molecule has 40 heavy (non-hydrogen) atoms. The summed E-state index contributed by atoms with van der Waals surface area (Å²) in [5, 5.41) is 2.82. The number of esters is 1. The molecule has 1 unspecified atom stereocenters. The molecule has 0 bridgehead atoms. The Morgan fingerprint density at radius 1 is 1.05 bits per heavy atom. The van der Waals surface area contributed by atoms with Gasteiger partial charge in [-0.25, -0.2) is 9.79 Å². The van der Waals surface area contributed by atoms with Gasteiger partial charge in [-0.05, 0) is 61.0 Å². The molecule has 2 amide bonds. The Morgan fingerprint density at radius 3 is 2.45 bits per heavy atom. The topological polar surface area (TPSA) is 107 Å². The van der Waals surface area contributed by atoms with Crippen LogP contribution in [-0.2, 0) is 20.9 Å². The molecule has 0 aliphatic carbocycles. The molecule has 208 valence electrons. The fourth-order valence-corrected chi connectivity index (χ4v) is 5.21. The fraction of sp³-hybridized carbons (Fsp3) is 0.241. The van der Waals surface area contributed by atoms with E-state index in [0.29, 0.717) is 38.6 Å². The molecule has 4 rings (SSSR count). The van der Waals surface area contributed by atoms with E-state index in [4.69, 9.17) is 30.8 Å². The number of para-hydroxylation sites is 1. The minimum Gasteiger partial charge on any atom is -0.493 e. The predicted molar refractivity (Wildman–Crippen MR) is 156 cm³/mol. The second kappa shape index (κ2) is 13.4. The average molecular weight is 582 g/mol. The highest BCUT2D eigenvalue weighted by atomic mass is 35.5.